The maximum atomic E-state index is 12.1. The number of ether oxygens (including phenoxy) is 1. The van der Waals surface area contributed by atoms with Gasteiger partial charge in [0.1, 0.15) is 6.61 Å². The topological polar surface area (TPSA) is 44.8 Å². The molecule has 110 valence electrons. The fourth-order valence-corrected chi connectivity index (χ4v) is 2.87. The third-order valence-corrected chi connectivity index (χ3v) is 4.28. The standard InChI is InChI=1S/C14H27N3O2/c1-16(2)12-5-9-17(10-6-12)14(18)11-19-13-3-7-15-8-4-13/h12-13,15H,3-11H2,1-2H3. The minimum atomic E-state index is 0.163. The van der Waals surface area contributed by atoms with Crippen LogP contribution in [0.1, 0.15) is 25.7 Å². The monoisotopic (exact) mass is 269 g/mol. The number of hydrogen-bond donors (Lipinski definition) is 1. The highest BCUT2D eigenvalue weighted by atomic mass is 16.5. The zero-order chi connectivity index (χ0) is 13.7. The van der Waals surface area contributed by atoms with Crippen LogP contribution in [0.5, 0.6) is 0 Å². The van der Waals surface area contributed by atoms with E-state index in [4.69, 9.17) is 4.74 Å². The molecule has 0 aromatic heterocycles. The van der Waals surface area contributed by atoms with Crippen molar-refractivity contribution in [3.63, 3.8) is 0 Å². The normalized spacial score (nSPS) is 23.0. The van der Waals surface area contributed by atoms with E-state index < -0.39 is 0 Å². The molecule has 0 spiro atoms. The first-order valence-electron chi connectivity index (χ1n) is 7.43. The van der Waals surface area contributed by atoms with Crippen LogP contribution in [0.25, 0.3) is 0 Å². The van der Waals surface area contributed by atoms with E-state index in [9.17, 15) is 4.79 Å². The highest BCUT2D eigenvalue weighted by Gasteiger charge is 2.24. The second-order valence-corrected chi connectivity index (χ2v) is 5.84. The van der Waals surface area contributed by atoms with Crippen LogP contribution in [0, 0.1) is 0 Å². The molecular weight excluding hydrogens is 242 g/mol. The number of carbonyl (C=O) groups excluding carboxylic acids is 1. The Balaban J connectivity index is 1.66. The van der Waals surface area contributed by atoms with Crippen LogP contribution in [0.4, 0.5) is 0 Å². The van der Waals surface area contributed by atoms with E-state index in [0.717, 1.165) is 51.9 Å². The molecule has 1 amide bonds. The lowest BCUT2D eigenvalue weighted by atomic mass is 10.0. The Kier molecular flexibility index (Phi) is 5.60. The Morgan fingerprint density at radius 3 is 2.42 bits per heavy atom. The summed E-state index contributed by atoms with van der Waals surface area (Å²) in [7, 11) is 4.23. The molecule has 0 radical (unpaired) electrons. The first-order chi connectivity index (χ1) is 9.16. The fraction of sp³-hybridized carbons (Fsp3) is 0.929. The molecule has 0 atom stereocenters. The van der Waals surface area contributed by atoms with Crippen molar-refractivity contribution in [2.45, 2.75) is 37.8 Å². The number of carbonyl (C=O) groups is 1. The van der Waals surface area contributed by atoms with E-state index in [2.05, 4.69) is 24.3 Å². The van der Waals surface area contributed by atoms with E-state index in [1.54, 1.807) is 0 Å². The van der Waals surface area contributed by atoms with Gasteiger partial charge < -0.3 is 19.9 Å². The van der Waals surface area contributed by atoms with Crippen molar-refractivity contribution in [1.82, 2.24) is 15.1 Å². The van der Waals surface area contributed by atoms with Crippen LogP contribution in [0.2, 0.25) is 0 Å². The minimum Gasteiger partial charge on any atom is -0.368 e. The van der Waals surface area contributed by atoms with Crippen LogP contribution in [0.15, 0.2) is 0 Å². The summed E-state index contributed by atoms with van der Waals surface area (Å²) in [5.74, 6) is 0.163. The average Bonchev–Trinajstić information content (AvgIpc) is 2.46. The lowest BCUT2D eigenvalue weighted by molar-refractivity contribution is -0.140. The zero-order valence-electron chi connectivity index (χ0n) is 12.2. The van der Waals surface area contributed by atoms with Crippen LogP contribution in [-0.2, 0) is 9.53 Å². The third kappa shape index (κ3) is 4.44. The molecule has 0 aromatic carbocycles. The second-order valence-electron chi connectivity index (χ2n) is 5.84. The minimum absolute atomic E-state index is 0.163. The summed E-state index contributed by atoms with van der Waals surface area (Å²) in [4.78, 5) is 16.3. The SMILES string of the molecule is CN(C)C1CCN(C(=O)COC2CCNCC2)CC1. The van der Waals surface area contributed by atoms with Gasteiger partial charge in [0.25, 0.3) is 0 Å². The van der Waals surface area contributed by atoms with Crippen LogP contribution in [0.3, 0.4) is 0 Å². The summed E-state index contributed by atoms with van der Waals surface area (Å²) < 4.78 is 5.73. The smallest absolute Gasteiger partial charge is 0.248 e. The molecule has 2 rings (SSSR count). The molecule has 0 aromatic rings. The number of likely N-dealkylation sites (tertiary alicyclic amines) is 1. The maximum absolute atomic E-state index is 12.1. The Morgan fingerprint density at radius 2 is 1.84 bits per heavy atom. The summed E-state index contributed by atoms with van der Waals surface area (Å²) in [5.41, 5.74) is 0. The van der Waals surface area contributed by atoms with E-state index >= 15 is 0 Å². The summed E-state index contributed by atoms with van der Waals surface area (Å²) in [6, 6.07) is 0.620. The maximum Gasteiger partial charge on any atom is 0.248 e. The van der Waals surface area contributed by atoms with E-state index in [1.807, 2.05) is 4.90 Å². The first-order valence-corrected chi connectivity index (χ1v) is 7.43. The van der Waals surface area contributed by atoms with Crippen molar-refractivity contribution in [3.8, 4) is 0 Å². The molecule has 2 aliphatic heterocycles. The predicted octanol–water partition coefficient (Wildman–Crippen LogP) is 0.308. The number of rotatable bonds is 4. The highest BCUT2D eigenvalue weighted by Crippen LogP contribution is 2.15. The Morgan fingerprint density at radius 1 is 1.21 bits per heavy atom. The second kappa shape index (κ2) is 7.22. The van der Waals surface area contributed by atoms with Gasteiger partial charge in [-0.25, -0.2) is 0 Å². The molecule has 2 saturated heterocycles. The van der Waals surface area contributed by atoms with Gasteiger partial charge >= 0.3 is 0 Å². The summed E-state index contributed by atoms with van der Waals surface area (Å²) >= 11 is 0. The van der Waals surface area contributed by atoms with E-state index in [-0.39, 0.29) is 18.6 Å². The number of piperidine rings is 2. The molecule has 2 aliphatic rings. The van der Waals surface area contributed by atoms with Gasteiger partial charge in [-0.2, -0.15) is 0 Å². The summed E-state index contributed by atoms with van der Waals surface area (Å²) in [6.07, 6.45) is 4.47. The molecule has 1 N–H and O–H groups in total. The van der Waals surface area contributed by atoms with Gasteiger partial charge in [0.05, 0.1) is 6.10 Å². The molecule has 0 saturated carbocycles. The molecule has 2 fully saturated rings. The van der Waals surface area contributed by atoms with Crippen molar-refractivity contribution in [1.29, 1.82) is 0 Å². The van der Waals surface area contributed by atoms with Crippen LogP contribution >= 0.6 is 0 Å². The zero-order valence-corrected chi connectivity index (χ0v) is 12.2. The fourth-order valence-electron chi connectivity index (χ4n) is 2.87. The molecule has 19 heavy (non-hydrogen) atoms. The van der Waals surface area contributed by atoms with Gasteiger partial charge in [-0.05, 0) is 52.9 Å². The molecule has 0 bridgehead atoms. The van der Waals surface area contributed by atoms with Crippen molar-refractivity contribution >= 4 is 5.91 Å². The van der Waals surface area contributed by atoms with Gasteiger partial charge in [-0.15, -0.1) is 0 Å². The molecule has 5 nitrogen and oxygen atoms in total. The molecule has 0 unspecified atom stereocenters. The Labute approximate surface area is 116 Å². The quantitative estimate of drug-likeness (QED) is 0.798. The van der Waals surface area contributed by atoms with Crippen molar-refractivity contribution in [2.24, 2.45) is 0 Å². The van der Waals surface area contributed by atoms with Gasteiger partial charge in [-0.3, -0.25) is 4.79 Å². The van der Waals surface area contributed by atoms with Crippen molar-refractivity contribution in [2.75, 3.05) is 46.9 Å². The Hall–Kier alpha value is -0.650. The predicted molar refractivity (Wildman–Crippen MR) is 75.1 cm³/mol. The molecule has 0 aliphatic carbocycles. The van der Waals surface area contributed by atoms with Gasteiger partial charge in [0.2, 0.25) is 5.91 Å². The average molecular weight is 269 g/mol. The van der Waals surface area contributed by atoms with Gasteiger partial charge in [-0.1, -0.05) is 0 Å². The molecular formula is C14H27N3O2. The van der Waals surface area contributed by atoms with Gasteiger partial charge in [0.15, 0.2) is 0 Å². The first kappa shape index (κ1) is 14.8. The van der Waals surface area contributed by atoms with Gasteiger partial charge in [0, 0.05) is 19.1 Å². The highest BCUT2D eigenvalue weighted by molar-refractivity contribution is 5.77. The summed E-state index contributed by atoms with van der Waals surface area (Å²) in [5, 5.41) is 3.30. The molecule has 5 heteroatoms. The van der Waals surface area contributed by atoms with Crippen molar-refractivity contribution < 1.29 is 9.53 Å². The van der Waals surface area contributed by atoms with E-state index in [1.165, 1.54) is 0 Å². The van der Waals surface area contributed by atoms with Crippen LogP contribution in [-0.4, -0.2) is 74.7 Å². The van der Waals surface area contributed by atoms with Crippen molar-refractivity contribution in [3.05, 3.63) is 0 Å². The lowest BCUT2D eigenvalue weighted by Crippen LogP contribution is -2.46. The van der Waals surface area contributed by atoms with Crippen LogP contribution < -0.4 is 5.32 Å². The lowest BCUT2D eigenvalue weighted by Gasteiger charge is -2.35. The number of nitrogens with one attached hydrogen (secondary N) is 1. The largest absolute Gasteiger partial charge is 0.368 e. The number of amides is 1. The summed E-state index contributed by atoms with van der Waals surface area (Å²) in [6.45, 7) is 4.02. The molecule has 2 heterocycles. The third-order valence-electron chi connectivity index (χ3n) is 4.28. The Bertz CT molecular complexity index is 282. The van der Waals surface area contributed by atoms with E-state index in [0.29, 0.717) is 6.04 Å². The number of nitrogens with zero attached hydrogens (tertiary/aromatic N) is 2. The number of hydrogen-bond acceptors (Lipinski definition) is 4.